The number of nitrogens with zero attached hydrogens (tertiary/aromatic N) is 1. The Morgan fingerprint density at radius 2 is 2.24 bits per heavy atom. The fourth-order valence-corrected chi connectivity index (χ4v) is 1.42. The first-order valence-corrected chi connectivity index (χ1v) is 6.00. The van der Waals surface area contributed by atoms with Gasteiger partial charge in [0.25, 0.3) is 0 Å². The highest BCUT2D eigenvalue weighted by atomic mass is 16.5. The minimum absolute atomic E-state index is 0.155. The Morgan fingerprint density at radius 3 is 2.88 bits per heavy atom. The van der Waals surface area contributed by atoms with Gasteiger partial charge in [-0.15, -0.1) is 0 Å². The van der Waals surface area contributed by atoms with Crippen molar-refractivity contribution in [3.63, 3.8) is 0 Å². The lowest BCUT2D eigenvalue weighted by Gasteiger charge is -2.14. The number of hydrogen-bond donors (Lipinski definition) is 2. The number of aromatic nitrogens is 1. The zero-order valence-corrected chi connectivity index (χ0v) is 10.8. The van der Waals surface area contributed by atoms with Crippen molar-refractivity contribution in [2.45, 2.75) is 39.5 Å². The number of aliphatic hydroxyl groups is 1. The molecule has 0 fully saturated rings. The van der Waals surface area contributed by atoms with Crippen molar-refractivity contribution in [2.24, 2.45) is 0 Å². The van der Waals surface area contributed by atoms with Gasteiger partial charge in [0, 0.05) is 19.3 Å². The van der Waals surface area contributed by atoms with Crippen molar-refractivity contribution >= 4 is 0 Å². The van der Waals surface area contributed by atoms with Gasteiger partial charge in [-0.05, 0) is 32.4 Å². The maximum Gasteiger partial charge on any atom is 0.0897 e. The Hall–Kier alpha value is -0.970. The second-order valence-electron chi connectivity index (χ2n) is 4.43. The summed E-state index contributed by atoms with van der Waals surface area (Å²) in [6.07, 6.45) is 1.46. The topological polar surface area (TPSA) is 54.4 Å². The summed E-state index contributed by atoms with van der Waals surface area (Å²) in [5.74, 6) is 0. The van der Waals surface area contributed by atoms with Crippen LogP contribution in [0, 0.1) is 6.92 Å². The number of ether oxygens (including phenoxy) is 1. The van der Waals surface area contributed by atoms with Gasteiger partial charge in [0.1, 0.15) is 0 Å². The van der Waals surface area contributed by atoms with Gasteiger partial charge < -0.3 is 15.2 Å². The minimum Gasteiger partial charge on any atom is -0.389 e. The van der Waals surface area contributed by atoms with Gasteiger partial charge in [0.2, 0.25) is 0 Å². The first-order valence-electron chi connectivity index (χ1n) is 6.00. The number of hydrogen-bond acceptors (Lipinski definition) is 4. The number of nitrogens with one attached hydrogen (secondary N) is 1. The SMILES string of the molecule is Cc1cccnc1CNCC(O)COC(C)C. The summed E-state index contributed by atoms with van der Waals surface area (Å²) in [5.41, 5.74) is 2.18. The lowest BCUT2D eigenvalue weighted by molar-refractivity contribution is 0.00627. The van der Waals surface area contributed by atoms with Crippen molar-refractivity contribution in [3.8, 4) is 0 Å². The molecule has 0 saturated carbocycles. The summed E-state index contributed by atoms with van der Waals surface area (Å²) in [6.45, 7) is 7.50. The Morgan fingerprint density at radius 1 is 1.47 bits per heavy atom. The highest BCUT2D eigenvalue weighted by Crippen LogP contribution is 2.02. The Balaban J connectivity index is 2.21. The molecule has 0 radical (unpaired) electrons. The van der Waals surface area contributed by atoms with Gasteiger partial charge in [-0.3, -0.25) is 4.98 Å². The lowest BCUT2D eigenvalue weighted by Crippen LogP contribution is -2.31. The van der Waals surface area contributed by atoms with Crippen LogP contribution in [0.1, 0.15) is 25.1 Å². The molecular formula is C13H22N2O2. The van der Waals surface area contributed by atoms with Crippen molar-refractivity contribution in [2.75, 3.05) is 13.2 Å². The summed E-state index contributed by atoms with van der Waals surface area (Å²) in [4.78, 5) is 4.27. The highest BCUT2D eigenvalue weighted by Gasteiger charge is 2.06. The van der Waals surface area contributed by atoms with Crippen LogP contribution in [0.15, 0.2) is 18.3 Å². The van der Waals surface area contributed by atoms with E-state index in [1.165, 1.54) is 0 Å². The molecular weight excluding hydrogens is 216 g/mol. The van der Waals surface area contributed by atoms with Gasteiger partial charge in [0.15, 0.2) is 0 Å². The molecule has 4 nitrogen and oxygen atoms in total. The molecule has 0 spiro atoms. The van der Waals surface area contributed by atoms with Crippen LogP contribution in [0.5, 0.6) is 0 Å². The largest absolute Gasteiger partial charge is 0.389 e. The predicted molar refractivity (Wildman–Crippen MR) is 67.8 cm³/mol. The third-order valence-corrected chi connectivity index (χ3v) is 2.41. The van der Waals surface area contributed by atoms with Crippen LogP contribution < -0.4 is 5.32 Å². The van der Waals surface area contributed by atoms with E-state index in [2.05, 4.69) is 10.3 Å². The van der Waals surface area contributed by atoms with Gasteiger partial charge in [-0.2, -0.15) is 0 Å². The van der Waals surface area contributed by atoms with E-state index in [0.717, 1.165) is 11.3 Å². The third-order valence-electron chi connectivity index (χ3n) is 2.41. The summed E-state index contributed by atoms with van der Waals surface area (Å²) < 4.78 is 5.32. The molecule has 1 atom stereocenters. The van der Waals surface area contributed by atoms with E-state index in [9.17, 15) is 5.11 Å². The van der Waals surface area contributed by atoms with Gasteiger partial charge >= 0.3 is 0 Å². The molecule has 0 saturated heterocycles. The van der Waals surface area contributed by atoms with E-state index in [1.807, 2.05) is 32.9 Å². The summed E-state index contributed by atoms with van der Waals surface area (Å²) >= 11 is 0. The molecule has 0 aliphatic carbocycles. The molecule has 0 amide bonds. The van der Waals surface area contributed by atoms with Gasteiger partial charge in [0.05, 0.1) is 24.5 Å². The standard InChI is InChI=1S/C13H22N2O2/c1-10(2)17-9-12(16)7-14-8-13-11(3)5-4-6-15-13/h4-6,10,12,14,16H,7-9H2,1-3H3. The number of rotatable bonds is 7. The van der Waals surface area contributed by atoms with E-state index in [1.54, 1.807) is 6.20 Å². The van der Waals surface area contributed by atoms with Crippen molar-refractivity contribution < 1.29 is 9.84 Å². The average Bonchev–Trinajstić information content (AvgIpc) is 2.29. The Labute approximate surface area is 103 Å². The number of aliphatic hydroxyl groups excluding tert-OH is 1. The smallest absolute Gasteiger partial charge is 0.0897 e. The average molecular weight is 238 g/mol. The molecule has 0 aromatic carbocycles. The molecule has 1 heterocycles. The van der Waals surface area contributed by atoms with E-state index < -0.39 is 6.10 Å². The van der Waals surface area contributed by atoms with Crippen LogP contribution in [0.4, 0.5) is 0 Å². The zero-order chi connectivity index (χ0) is 12.7. The fraction of sp³-hybridized carbons (Fsp3) is 0.615. The number of pyridine rings is 1. The second-order valence-corrected chi connectivity index (χ2v) is 4.43. The first kappa shape index (κ1) is 14.1. The Bertz CT molecular complexity index is 329. The van der Waals surface area contributed by atoms with Crippen molar-refractivity contribution in [1.82, 2.24) is 10.3 Å². The molecule has 96 valence electrons. The van der Waals surface area contributed by atoms with E-state index >= 15 is 0 Å². The molecule has 1 aromatic rings. The molecule has 1 rings (SSSR count). The van der Waals surface area contributed by atoms with Crippen LogP contribution >= 0.6 is 0 Å². The quantitative estimate of drug-likeness (QED) is 0.751. The van der Waals surface area contributed by atoms with Crippen LogP contribution in [0.3, 0.4) is 0 Å². The van der Waals surface area contributed by atoms with Gasteiger partial charge in [-0.1, -0.05) is 6.07 Å². The second kappa shape index (κ2) is 7.37. The molecule has 0 bridgehead atoms. The normalized spacial score (nSPS) is 13.0. The number of aryl methyl sites for hydroxylation is 1. The molecule has 2 N–H and O–H groups in total. The maximum atomic E-state index is 9.64. The monoisotopic (exact) mass is 238 g/mol. The zero-order valence-electron chi connectivity index (χ0n) is 10.8. The molecule has 1 aromatic heterocycles. The van der Waals surface area contributed by atoms with E-state index in [4.69, 9.17) is 4.74 Å². The summed E-state index contributed by atoms with van der Waals surface area (Å²) in [5, 5.41) is 12.8. The van der Waals surface area contributed by atoms with Crippen molar-refractivity contribution in [3.05, 3.63) is 29.6 Å². The minimum atomic E-state index is -0.471. The molecule has 0 aliphatic heterocycles. The Kier molecular flexibility index (Phi) is 6.11. The van der Waals surface area contributed by atoms with Crippen LogP contribution in [0.25, 0.3) is 0 Å². The van der Waals surface area contributed by atoms with Crippen LogP contribution in [0.2, 0.25) is 0 Å². The predicted octanol–water partition coefficient (Wildman–Crippen LogP) is 1.27. The third kappa shape index (κ3) is 5.77. The molecule has 1 unspecified atom stereocenters. The van der Waals surface area contributed by atoms with E-state index in [-0.39, 0.29) is 6.10 Å². The molecule has 4 heteroatoms. The van der Waals surface area contributed by atoms with Gasteiger partial charge in [-0.25, -0.2) is 0 Å². The molecule has 17 heavy (non-hydrogen) atoms. The summed E-state index contributed by atoms with van der Waals surface area (Å²) in [7, 11) is 0. The van der Waals surface area contributed by atoms with Crippen LogP contribution in [-0.4, -0.2) is 35.5 Å². The fourth-order valence-electron chi connectivity index (χ4n) is 1.42. The lowest BCUT2D eigenvalue weighted by atomic mass is 10.2. The van der Waals surface area contributed by atoms with Crippen LogP contribution in [-0.2, 0) is 11.3 Å². The van der Waals surface area contributed by atoms with E-state index in [0.29, 0.717) is 19.7 Å². The maximum absolute atomic E-state index is 9.64. The molecule has 0 aliphatic rings. The first-order chi connectivity index (χ1) is 8.09. The van der Waals surface area contributed by atoms with Crippen molar-refractivity contribution in [1.29, 1.82) is 0 Å². The summed E-state index contributed by atoms with van der Waals surface area (Å²) in [6, 6.07) is 3.95. The highest BCUT2D eigenvalue weighted by molar-refractivity contribution is 5.17.